The number of piperidine rings is 1. The van der Waals surface area contributed by atoms with E-state index in [1.807, 2.05) is 54.7 Å². The Morgan fingerprint density at radius 3 is 2.33 bits per heavy atom. The number of hydrogen-bond donors (Lipinski definition) is 0. The van der Waals surface area contributed by atoms with Crippen LogP contribution in [-0.2, 0) is 0 Å². The summed E-state index contributed by atoms with van der Waals surface area (Å²) in [5, 5.41) is 0.778. The Morgan fingerprint density at radius 1 is 0.879 bits per heavy atom. The molecule has 1 spiro atoms. The first-order valence-electron chi connectivity index (χ1n) is 12.0. The second-order valence-corrected chi connectivity index (χ2v) is 9.87. The van der Waals surface area contributed by atoms with E-state index in [-0.39, 0.29) is 6.04 Å². The van der Waals surface area contributed by atoms with Crippen molar-refractivity contribution in [2.75, 3.05) is 39.3 Å². The smallest absolute Gasteiger partial charge is 0.119 e. The van der Waals surface area contributed by atoms with Gasteiger partial charge in [0.2, 0.25) is 0 Å². The molecular weight excluding hydrogens is 430 g/mol. The SMILES string of the molecule is Clc1ccc([C@@H](c2ccccn2)N2CCC3(CCN(CCOc4ccccc4)CC3)C2)cc1. The van der Waals surface area contributed by atoms with Crippen molar-refractivity contribution in [2.24, 2.45) is 5.41 Å². The Hall–Kier alpha value is -2.40. The van der Waals surface area contributed by atoms with Gasteiger partial charge in [0.15, 0.2) is 0 Å². The number of likely N-dealkylation sites (tertiary alicyclic amines) is 2. The molecule has 1 atom stereocenters. The van der Waals surface area contributed by atoms with Gasteiger partial charge in [0.25, 0.3) is 0 Å². The number of nitrogens with zero attached hydrogens (tertiary/aromatic N) is 3. The molecule has 0 saturated carbocycles. The summed E-state index contributed by atoms with van der Waals surface area (Å²) in [5.41, 5.74) is 2.80. The van der Waals surface area contributed by atoms with Crippen LogP contribution >= 0.6 is 11.6 Å². The van der Waals surface area contributed by atoms with Crippen molar-refractivity contribution in [1.29, 1.82) is 0 Å². The molecule has 0 N–H and O–H groups in total. The second kappa shape index (κ2) is 10.3. The average molecular weight is 462 g/mol. The number of rotatable bonds is 7. The molecule has 2 aliphatic rings. The highest BCUT2D eigenvalue weighted by atomic mass is 35.5. The van der Waals surface area contributed by atoms with Crippen LogP contribution in [0.4, 0.5) is 0 Å². The van der Waals surface area contributed by atoms with Crippen molar-refractivity contribution in [3.63, 3.8) is 0 Å². The van der Waals surface area contributed by atoms with Crippen molar-refractivity contribution in [3.8, 4) is 5.75 Å². The van der Waals surface area contributed by atoms with Crippen molar-refractivity contribution >= 4 is 11.6 Å². The summed E-state index contributed by atoms with van der Waals surface area (Å²) in [7, 11) is 0. The van der Waals surface area contributed by atoms with Crippen molar-refractivity contribution in [3.05, 3.63) is 95.3 Å². The molecule has 0 bridgehead atoms. The van der Waals surface area contributed by atoms with Gasteiger partial charge >= 0.3 is 0 Å². The minimum absolute atomic E-state index is 0.181. The number of pyridine rings is 1. The molecule has 0 amide bonds. The lowest BCUT2D eigenvalue weighted by atomic mass is 9.77. The third-order valence-electron chi connectivity index (χ3n) is 7.32. The highest BCUT2D eigenvalue weighted by Crippen LogP contribution is 2.44. The van der Waals surface area contributed by atoms with Gasteiger partial charge in [-0.1, -0.05) is 48.0 Å². The summed E-state index contributed by atoms with van der Waals surface area (Å²) in [4.78, 5) is 9.93. The van der Waals surface area contributed by atoms with E-state index in [0.717, 1.165) is 55.8 Å². The van der Waals surface area contributed by atoms with Crippen LogP contribution in [0.5, 0.6) is 5.75 Å². The van der Waals surface area contributed by atoms with Crippen molar-refractivity contribution in [2.45, 2.75) is 25.3 Å². The predicted octanol–water partition coefficient (Wildman–Crippen LogP) is 5.69. The number of hydrogen-bond acceptors (Lipinski definition) is 4. The molecule has 0 unspecified atom stereocenters. The number of para-hydroxylation sites is 1. The molecule has 4 nitrogen and oxygen atoms in total. The molecule has 172 valence electrons. The maximum atomic E-state index is 6.18. The van der Waals surface area contributed by atoms with Gasteiger partial charge in [-0.15, -0.1) is 0 Å². The number of ether oxygens (including phenoxy) is 1. The molecule has 2 fully saturated rings. The van der Waals surface area contributed by atoms with Gasteiger partial charge in [-0.25, -0.2) is 0 Å². The summed E-state index contributed by atoms with van der Waals surface area (Å²) in [6.45, 7) is 6.30. The van der Waals surface area contributed by atoms with E-state index in [1.165, 1.54) is 24.8 Å². The lowest BCUT2D eigenvalue weighted by molar-refractivity contribution is 0.0922. The molecular formula is C28H32ClN3O. The van der Waals surface area contributed by atoms with Gasteiger partial charge in [0.1, 0.15) is 12.4 Å². The van der Waals surface area contributed by atoms with Gasteiger partial charge in [0.05, 0.1) is 11.7 Å². The summed E-state index contributed by atoms with van der Waals surface area (Å²) < 4.78 is 5.91. The maximum absolute atomic E-state index is 6.18. The van der Waals surface area contributed by atoms with E-state index >= 15 is 0 Å². The molecule has 33 heavy (non-hydrogen) atoms. The number of benzene rings is 2. The predicted molar refractivity (Wildman–Crippen MR) is 134 cm³/mol. The summed E-state index contributed by atoms with van der Waals surface area (Å²) >= 11 is 6.18. The van der Waals surface area contributed by atoms with Gasteiger partial charge < -0.3 is 4.74 Å². The van der Waals surface area contributed by atoms with Gasteiger partial charge in [-0.05, 0) is 86.3 Å². The lowest BCUT2D eigenvalue weighted by Crippen LogP contribution is -2.43. The second-order valence-electron chi connectivity index (χ2n) is 9.43. The van der Waals surface area contributed by atoms with E-state index in [4.69, 9.17) is 21.3 Å². The zero-order valence-corrected chi connectivity index (χ0v) is 19.8. The van der Waals surface area contributed by atoms with E-state index in [1.54, 1.807) is 0 Å². The molecule has 2 aromatic carbocycles. The van der Waals surface area contributed by atoms with Crippen LogP contribution in [0.15, 0.2) is 79.0 Å². The molecule has 2 saturated heterocycles. The Labute approximate surface area is 202 Å². The molecule has 5 heteroatoms. The van der Waals surface area contributed by atoms with Crippen molar-refractivity contribution < 1.29 is 4.74 Å². The molecule has 2 aliphatic heterocycles. The van der Waals surface area contributed by atoms with Crippen LogP contribution in [0.2, 0.25) is 5.02 Å². The third kappa shape index (κ3) is 5.40. The van der Waals surface area contributed by atoms with Gasteiger partial charge in [0, 0.05) is 24.3 Å². The standard InChI is InChI=1S/C28H32ClN3O/c29-24-11-9-23(10-12-24)27(26-8-4-5-16-30-26)32-19-15-28(22-32)13-17-31(18-14-28)20-21-33-25-6-2-1-3-7-25/h1-12,16,27H,13-15,17-22H2/t27-/m0/s1. The lowest BCUT2D eigenvalue weighted by Gasteiger charge is -2.40. The van der Waals surface area contributed by atoms with Crippen LogP contribution < -0.4 is 4.74 Å². The fourth-order valence-corrected chi connectivity index (χ4v) is 5.54. The molecule has 3 heterocycles. The number of aromatic nitrogens is 1. The maximum Gasteiger partial charge on any atom is 0.119 e. The zero-order valence-electron chi connectivity index (χ0n) is 19.1. The molecule has 0 radical (unpaired) electrons. The highest BCUT2D eigenvalue weighted by molar-refractivity contribution is 6.30. The normalized spacial score (nSPS) is 19.5. The van der Waals surface area contributed by atoms with Crippen LogP contribution in [0, 0.1) is 5.41 Å². The van der Waals surface area contributed by atoms with Crippen LogP contribution in [0.25, 0.3) is 0 Å². The van der Waals surface area contributed by atoms with Gasteiger partial charge in [-0.2, -0.15) is 0 Å². The highest BCUT2D eigenvalue weighted by Gasteiger charge is 2.43. The molecule has 3 aromatic rings. The minimum atomic E-state index is 0.181. The van der Waals surface area contributed by atoms with Crippen molar-refractivity contribution in [1.82, 2.24) is 14.8 Å². The van der Waals surface area contributed by atoms with Crippen LogP contribution in [-0.4, -0.2) is 54.1 Å². The van der Waals surface area contributed by atoms with E-state index in [2.05, 4.69) is 34.1 Å². The zero-order chi connectivity index (χ0) is 22.5. The molecule has 5 rings (SSSR count). The summed E-state index contributed by atoms with van der Waals surface area (Å²) in [6.07, 6.45) is 5.67. The number of halogens is 1. The Balaban J connectivity index is 1.20. The fourth-order valence-electron chi connectivity index (χ4n) is 5.41. The largest absolute Gasteiger partial charge is 0.492 e. The third-order valence-corrected chi connectivity index (χ3v) is 7.57. The quantitative estimate of drug-likeness (QED) is 0.451. The summed E-state index contributed by atoms with van der Waals surface area (Å²) in [6, 6.07) is 24.8. The Kier molecular flexibility index (Phi) is 6.96. The molecule has 0 aliphatic carbocycles. The minimum Gasteiger partial charge on any atom is -0.492 e. The topological polar surface area (TPSA) is 28.6 Å². The first-order chi connectivity index (χ1) is 16.2. The summed E-state index contributed by atoms with van der Waals surface area (Å²) in [5.74, 6) is 0.958. The van der Waals surface area contributed by atoms with E-state index in [9.17, 15) is 0 Å². The van der Waals surface area contributed by atoms with Crippen LogP contribution in [0.3, 0.4) is 0 Å². The Morgan fingerprint density at radius 2 is 1.61 bits per heavy atom. The van der Waals surface area contributed by atoms with Crippen LogP contribution in [0.1, 0.15) is 36.6 Å². The Bertz CT molecular complexity index is 1000. The molecule has 1 aromatic heterocycles. The first-order valence-corrected chi connectivity index (χ1v) is 12.4. The first kappa shape index (κ1) is 22.4. The average Bonchev–Trinajstić information content (AvgIpc) is 3.26. The van der Waals surface area contributed by atoms with Gasteiger partial charge in [-0.3, -0.25) is 14.8 Å². The van der Waals surface area contributed by atoms with E-state index in [0.29, 0.717) is 5.41 Å². The van der Waals surface area contributed by atoms with E-state index < -0.39 is 0 Å². The fraction of sp³-hybridized carbons (Fsp3) is 0.393. The monoisotopic (exact) mass is 461 g/mol.